The standard InChI is InChI=1S/C30H52O5/c1-21-9-8-17-34-15-6-4-5-7-16-35-18-13-22-19-23(31)12-14-29(22,2)26-20-27(32)30(3)24(21)10-11-25(30)28(26)33/h4-5,21-28,31-33H,6-20H2,1-3H3/b5-4-/t21-,22-,23-,24-,25+,26+,27+,28+,29+,30-/m1/s1. The first kappa shape index (κ1) is 27.6. The Morgan fingerprint density at radius 3 is 2.17 bits per heavy atom. The molecular formula is C30H52O5. The van der Waals surface area contributed by atoms with E-state index in [1.807, 2.05) is 0 Å². The van der Waals surface area contributed by atoms with Crippen LogP contribution in [0, 0.1) is 40.4 Å². The van der Waals surface area contributed by atoms with E-state index in [1.165, 1.54) is 0 Å². The van der Waals surface area contributed by atoms with Crippen LogP contribution in [0.25, 0.3) is 0 Å². The summed E-state index contributed by atoms with van der Waals surface area (Å²) in [4.78, 5) is 0. The Kier molecular flexibility index (Phi) is 9.41. The van der Waals surface area contributed by atoms with Crippen LogP contribution in [-0.4, -0.2) is 60.1 Å². The molecule has 5 rings (SSSR count). The van der Waals surface area contributed by atoms with Crippen molar-refractivity contribution in [2.75, 3.05) is 26.4 Å². The average molecular weight is 493 g/mol. The molecule has 202 valence electrons. The Balaban J connectivity index is 1.55. The lowest BCUT2D eigenvalue weighted by molar-refractivity contribution is -0.181. The van der Waals surface area contributed by atoms with Crippen molar-refractivity contribution in [3.8, 4) is 0 Å². The highest BCUT2D eigenvalue weighted by molar-refractivity contribution is 5.11. The fourth-order valence-corrected chi connectivity index (χ4v) is 8.77. The number of fused-ring (bicyclic) bond motifs is 13. The lowest BCUT2D eigenvalue weighted by atomic mass is 9.49. The minimum absolute atomic E-state index is 0.0765. The van der Waals surface area contributed by atoms with Crippen LogP contribution in [0.15, 0.2) is 12.2 Å². The highest BCUT2D eigenvalue weighted by Gasteiger charge is 2.62. The monoisotopic (exact) mass is 492 g/mol. The normalized spacial score (nSPS) is 49.7. The van der Waals surface area contributed by atoms with E-state index in [9.17, 15) is 15.3 Å². The molecule has 0 aromatic heterocycles. The molecular weight excluding hydrogens is 440 g/mol. The van der Waals surface area contributed by atoms with Gasteiger partial charge in [0.1, 0.15) is 0 Å². The Bertz CT molecular complexity index is 696. The molecule has 5 heteroatoms. The van der Waals surface area contributed by atoms with Gasteiger partial charge in [-0.1, -0.05) is 32.9 Å². The van der Waals surface area contributed by atoms with Crippen LogP contribution in [0.4, 0.5) is 0 Å². The fourth-order valence-electron chi connectivity index (χ4n) is 8.77. The topological polar surface area (TPSA) is 79.2 Å². The summed E-state index contributed by atoms with van der Waals surface area (Å²) in [6.07, 6.45) is 13.6. The van der Waals surface area contributed by atoms with Crippen LogP contribution < -0.4 is 0 Å². The highest BCUT2D eigenvalue weighted by Crippen LogP contribution is 2.63. The number of rotatable bonds is 0. The minimum atomic E-state index is -0.383. The van der Waals surface area contributed by atoms with Crippen molar-refractivity contribution in [1.82, 2.24) is 0 Å². The molecule has 5 aliphatic rings. The summed E-state index contributed by atoms with van der Waals surface area (Å²) in [5.41, 5.74) is -0.299. The summed E-state index contributed by atoms with van der Waals surface area (Å²) >= 11 is 0. The zero-order valence-electron chi connectivity index (χ0n) is 22.5. The molecule has 10 atom stereocenters. The largest absolute Gasteiger partial charge is 0.393 e. The molecule has 0 aromatic carbocycles. The van der Waals surface area contributed by atoms with Gasteiger partial charge in [-0.25, -0.2) is 0 Å². The average Bonchev–Trinajstić information content (AvgIpc) is 3.20. The molecule has 3 N–H and O–H groups in total. The fraction of sp³-hybridized carbons (Fsp3) is 0.933. The van der Waals surface area contributed by atoms with Crippen LogP contribution in [0.2, 0.25) is 0 Å². The Morgan fingerprint density at radius 2 is 1.43 bits per heavy atom. The second-order valence-electron chi connectivity index (χ2n) is 12.8. The molecule has 3 aliphatic carbocycles. The van der Waals surface area contributed by atoms with Crippen LogP contribution >= 0.6 is 0 Å². The summed E-state index contributed by atoms with van der Waals surface area (Å²) in [6.45, 7) is 9.93. The van der Waals surface area contributed by atoms with Crippen molar-refractivity contribution in [2.24, 2.45) is 40.4 Å². The zero-order valence-corrected chi connectivity index (χ0v) is 22.5. The predicted molar refractivity (Wildman–Crippen MR) is 139 cm³/mol. The summed E-state index contributed by atoms with van der Waals surface area (Å²) in [5, 5.41) is 34.1. The number of aliphatic hydroxyl groups excluding tert-OH is 3. The Morgan fingerprint density at radius 1 is 0.743 bits per heavy atom. The quantitative estimate of drug-likeness (QED) is 0.409. The van der Waals surface area contributed by atoms with E-state index >= 15 is 0 Å². The second-order valence-corrected chi connectivity index (χ2v) is 12.8. The first-order chi connectivity index (χ1) is 16.8. The third-order valence-electron chi connectivity index (χ3n) is 11.0. The van der Waals surface area contributed by atoms with Gasteiger partial charge in [-0.3, -0.25) is 0 Å². The molecule has 0 amide bonds. The van der Waals surface area contributed by atoms with Crippen molar-refractivity contribution in [2.45, 2.75) is 110 Å². The zero-order chi connectivity index (χ0) is 25.1. The molecule has 0 radical (unpaired) electrons. The molecule has 2 aliphatic heterocycles. The lowest BCUT2D eigenvalue weighted by Gasteiger charge is -2.58. The van der Waals surface area contributed by atoms with E-state index in [-0.39, 0.29) is 41.0 Å². The predicted octanol–water partition coefficient (Wildman–Crippen LogP) is 5.12. The molecule has 3 fully saturated rings. The van der Waals surface area contributed by atoms with Gasteiger partial charge in [-0.15, -0.1) is 0 Å². The molecule has 0 unspecified atom stereocenters. The van der Waals surface area contributed by atoms with Crippen LogP contribution in [0.3, 0.4) is 0 Å². The molecule has 3 saturated carbocycles. The Hall–Kier alpha value is -0.460. The van der Waals surface area contributed by atoms with E-state index < -0.39 is 0 Å². The molecule has 0 aromatic rings. The van der Waals surface area contributed by atoms with E-state index in [0.717, 1.165) is 77.4 Å². The first-order valence-electron chi connectivity index (χ1n) is 14.6. The third kappa shape index (κ3) is 5.70. The van der Waals surface area contributed by atoms with Gasteiger partial charge in [0.2, 0.25) is 0 Å². The van der Waals surface area contributed by atoms with Gasteiger partial charge < -0.3 is 24.8 Å². The maximum Gasteiger partial charge on any atom is 0.0609 e. The summed E-state index contributed by atoms with van der Waals surface area (Å²) in [5.74, 6) is 1.50. The molecule has 4 bridgehead atoms. The van der Waals surface area contributed by atoms with Gasteiger partial charge in [0, 0.05) is 18.6 Å². The summed E-state index contributed by atoms with van der Waals surface area (Å²) in [7, 11) is 0. The highest BCUT2D eigenvalue weighted by atomic mass is 16.5. The SMILES string of the molecule is C[C@@H]1CCCOCC/C=C\CCOCC[C@@H]2C[C@H](O)CC[C@]2(C)[C@H]2C[C@H](O)[C@]3(C)[C@@H]1CC[C@H]3[C@@H]2O. The van der Waals surface area contributed by atoms with Crippen molar-refractivity contribution < 1.29 is 24.8 Å². The Labute approximate surface area is 213 Å². The number of hydrogen-bond donors (Lipinski definition) is 3. The molecule has 0 spiro atoms. The molecule has 0 saturated heterocycles. The number of aliphatic hydroxyl groups is 3. The van der Waals surface area contributed by atoms with Crippen LogP contribution in [-0.2, 0) is 9.47 Å². The van der Waals surface area contributed by atoms with Gasteiger partial charge in [-0.05, 0) is 106 Å². The lowest BCUT2D eigenvalue weighted by Crippen LogP contribution is -2.59. The van der Waals surface area contributed by atoms with Gasteiger partial charge >= 0.3 is 0 Å². The van der Waals surface area contributed by atoms with Gasteiger partial charge in [0.15, 0.2) is 0 Å². The van der Waals surface area contributed by atoms with Crippen molar-refractivity contribution in [3.63, 3.8) is 0 Å². The van der Waals surface area contributed by atoms with E-state index in [2.05, 4.69) is 32.9 Å². The maximum absolute atomic E-state index is 11.9. The van der Waals surface area contributed by atoms with Crippen molar-refractivity contribution >= 4 is 0 Å². The van der Waals surface area contributed by atoms with Crippen molar-refractivity contribution in [3.05, 3.63) is 12.2 Å². The third-order valence-corrected chi connectivity index (χ3v) is 11.0. The van der Waals surface area contributed by atoms with Crippen LogP contribution in [0.1, 0.15) is 91.4 Å². The molecule has 5 nitrogen and oxygen atoms in total. The van der Waals surface area contributed by atoms with Gasteiger partial charge in [0.05, 0.1) is 31.5 Å². The second kappa shape index (κ2) is 11.9. The number of ether oxygens (including phenoxy) is 2. The summed E-state index contributed by atoms with van der Waals surface area (Å²) in [6, 6.07) is 0. The minimum Gasteiger partial charge on any atom is -0.393 e. The molecule has 2 heterocycles. The first-order valence-corrected chi connectivity index (χ1v) is 14.6. The van der Waals surface area contributed by atoms with E-state index in [4.69, 9.17) is 9.47 Å². The maximum atomic E-state index is 11.9. The smallest absolute Gasteiger partial charge is 0.0609 e. The van der Waals surface area contributed by atoms with Gasteiger partial charge in [-0.2, -0.15) is 0 Å². The van der Waals surface area contributed by atoms with E-state index in [0.29, 0.717) is 37.4 Å². The van der Waals surface area contributed by atoms with Crippen molar-refractivity contribution in [1.29, 1.82) is 0 Å². The van der Waals surface area contributed by atoms with E-state index in [1.54, 1.807) is 0 Å². The summed E-state index contributed by atoms with van der Waals surface area (Å²) < 4.78 is 11.9. The number of hydrogen-bond acceptors (Lipinski definition) is 5. The van der Waals surface area contributed by atoms with Gasteiger partial charge in [0.25, 0.3) is 0 Å². The van der Waals surface area contributed by atoms with Crippen LogP contribution in [0.5, 0.6) is 0 Å². The molecule has 35 heavy (non-hydrogen) atoms.